The van der Waals surface area contributed by atoms with E-state index in [0.29, 0.717) is 12.5 Å². The first-order valence-electron chi connectivity index (χ1n) is 5.87. The molecule has 0 aliphatic heterocycles. The predicted molar refractivity (Wildman–Crippen MR) is 75.3 cm³/mol. The van der Waals surface area contributed by atoms with Gasteiger partial charge in [0.25, 0.3) is 0 Å². The van der Waals surface area contributed by atoms with E-state index in [1.54, 1.807) is 11.8 Å². The minimum atomic E-state index is -4.10. The molecule has 0 radical (unpaired) electrons. The molecule has 0 fully saturated rings. The van der Waals surface area contributed by atoms with Crippen LogP contribution >= 0.6 is 11.8 Å². The monoisotopic (exact) mass is 325 g/mol. The zero-order valence-corrected chi connectivity index (χ0v) is 12.9. The molecule has 0 aliphatic carbocycles. The average Bonchev–Trinajstić information content (AvgIpc) is 2.41. The van der Waals surface area contributed by atoms with E-state index in [2.05, 4.69) is 4.72 Å². The molecular weight excluding hydrogens is 308 g/mol. The maximum absolute atomic E-state index is 13.5. The number of methoxy groups -OCH3 is 1. The molecular formula is C12H17F2NO3S2. The summed E-state index contributed by atoms with van der Waals surface area (Å²) in [6.07, 6.45) is 2.28. The van der Waals surface area contributed by atoms with Crippen LogP contribution in [0.2, 0.25) is 0 Å². The van der Waals surface area contributed by atoms with E-state index in [1.807, 2.05) is 6.26 Å². The van der Waals surface area contributed by atoms with E-state index in [1.165, 1.54) is 7.11 Å². The quantitative estimate of drug-likeness (QED) is 0.794. The Morgan fingerprint density at radius 3 is 2.70 bits per heavy atom. The van der Waals surface area contributed by atoms with Crippen LogP contribution in [0.1, 0.15) is 6.42 Å². The van der Waals surface area contributed by atoms with Crippen LogP contribution in [-0.4, -0.2) is 40.2 Å². The Morgan fingerprint density at radius 1 is 1.40 bits per heavy atom. The van der Waals surface area contributed by atoms with Crippen LogP contribution in [-0.2, 0) is 14.8 Å². The lowest BCUT2D eigenvalue weighted by atomic mass is 10.3. The highest BCUT2D eigenvalue weighted by atomic mass is 32.2. The standard InChI is InChI=1S/C12H17F2NO3S2/c1-18-10(5-6-19-2)8-15-20(16,17)12-7-9(13)3-4-11(12)14/h3-4,7,10,15H,5-6,8H2,1-2H3. The van der Waals surface area contributed by atoms with Crippen molar-refractivity contribution in [3.8, 4) is 0 Å². The molecule has 114 valence electrons. The molecule has 1 rings (SSSR count). The van der Waals surface area contributed by atoms with Crippen molar-refractivity contribution >= 4 is 21.8 Å². The summed E-state index contributed by atoms with van der Waals surface area (Å²) in [6, 6.07) is 2.30. The predicted octanol–water partition coefficient (Wildman–Crippen LogP) is 2.01. The maximum atomic E-state index is 13.5. The molecule has 8 heteroatoms. The first kappa shape index (κ1) is 17.4. The molecule has 0 saturated heterocycles. The molecule has 0 heterocycles. The third-order valence-electron chi connectivity index (χ3n) is 2.66. The molecule has 4 nitrogen and oxygen atoms in total. The van der Waals surface area contributed by atoms with Crippen LogP contribution in [0.5, 0.6) is 0 Å². The van der Waals surface area contributed by atoms with Crippen LogP contribution in [0.4, 0.5) is 8.78 Å². The molecule has 1 unspecified atom stereocenters. The lowest BCUT2D eigenvalue weighted by Gasteiger charge is -2.16. The van der Waals surface area contributed by atoms with Gasteiger partial charge in [-0.2, -0.15) is 11.8 Å². The van der Waals surface area contributed by atoms with Gasteiger partial charge in [-0.05, 0) is 36.6 Å². The molecule has 0 saturated carbocycles. The Labute approximate surface area is 121 Å². The topological polar surface area (TPSA) is 55.4 Å². The van der Waals surface area contributed by atoms with Crippen molar-refractivity contribution < 1.29 is 21.9 Å². The van der Waals surface area contributed by atoms with Gasteiger partial charge in [0.1, 0.15) is 16.5 Å². The highest BCUT2D eigenvalue weighted by Gasteiger charge is 2.21. The van der Waals surface area contributed by atoms with E-state index in [9.17, 15) is 17.2 Å². The Bertz CT molecular complexity index is 538. The molecule has 1 N–H and O–H groups in total. The minimum absolute atomic E-state index is 0.00927. The number of nitrogens with one attached hydrogen (secondary N) is 1. The Hall–Kier alpha value is -0.700. The van der Waals surface area contributed by atoms with E-state index in [0.717, 1.165) is 17.9 Å². The van der Waals surface area contributed by atoms with Crippen LogP contribution in [0, 0.1) is 11.6 Å². The van der Waals surface area contributed by atoms with Crippen molar-refractivity contribution in [2.45, 2.75) is 17.4 Å². The van der Waals surface area contributed by atoms with E-state index in [4.69, 9.17) is 4.74 Å². The molecule has 0 spiro atoms. The smallest absolute Gasteiger partial charge is 0.243 e. The van der Waals surface area contributed by atoms with E-state index in [-0.39, 0.29) is 12.6 Å². The summed E-state index contributed by atoms with van der Waals surface area (Å²) in [4.78, 5) is -0.697. The number of thioether (sulfide) groups is 1. The van der Waals surface area contributed by atoms with Crippen molar-refractivity contribution in [3.05, 3.63) is 29.8 Å². The van der Waals surface area contributed by atoms with Gasteiger partial charge in [0.05, 0.1) is 6.10 Å². The van der Waals surface area contributed by atoms with E-state index < -0.39 is 26.6 Å². The van der Waals surface area contributed by atoms with Gasteiger partial charge in [-0.1, -0.05) is 0 Å². The van der Waals surface area contributed by atoms with Gasteiger partial charge < -0.3 is 4.74 Å². The number of hydrogen-bond donors (Lipinski definition) is 1. The van der Waals surface area contributed by atoms with Crippen molar-refractivity contribution in [2.24, 2.45) is 0 Å². The van der Waals surface area contributed by atoms with Gasteiger partial charge in [-0.15, -0.1) is 0 Å². The minimum Gasteiger partial charge on any atom is -0.380 e. The van der Waals surface area contributed by atoms with Crippen molar-refractivity contribution in [2.75, 3.05) is 25.7 Å². The maximum Gasteiger partial charge on any atom is 0.243 e. The molecule has 1 aromatic carbocycles. The lowest BCUT2D eigenvalue weighted by molar-refractivity contribution is 0.104. The first-order chi connectivity index (χ1) is 9.40. The summed E-state index contributed by atoms with van der Waals surface area (Å²) in [6.45, 7) is 0.00927. The fourth-order valence-corrected chi connectivity index (χ4v) is 3.17. The van der Waals surface area contributed by atoms with Gasteiger partial charge in [0.2, 0.25) is 10.0 Å². The SMILES string of the molecule is COC(CCSC)CNS(=O)(=O)c1cc(F)ccc1F. The van der Waals surface area contributed by atoms with Gasteiger partial charge >= 0.3 is 0 Å². The van der Waals surface area contributed by atoms with E-state index >= 15 is 0 Å². The largest absolute Gasteiger partial charge is 0.380 e. The zero-order chi connectivity index (χ0) is 15.2. The van der Waals surface area contributed by atoms with Crippen molar-refractivity contribution in [1.29, 1.82) is 0 Å². The number of rotatable bonds is 8. The summed E-state index contributed by atoms with van der Waals surface area (Å²) in [5.74, 6) is -0.983. The lowest BCUT2D eigenvalue weighted by Crippen LogP contribution is -2.34. The molecule has 0 amide bonds. The number of hydrogen-bond acceptors (Lipinski definition) is 4. The Kier molecular flexibility index (Phi) is 6.87. The summed E-state index contributed by atoms with van der Waals surface area (Å²) >= 11 is 1.61. The van der Waals surface area contributed by atoms with Crippen LogP contribution in [0.15, 0.2) is 23.1 Å². The molecule has 0 aromatic heterocycles. The highest BCUT2D eigenvalue weighted by Crippen LogP contribution is 2.15. The Morgan fingerprint density at radius 2 is 2.10 bits per heavy atom. The third kappa shape index (κ3) is 5.01. The fourth-order valence-electron chi connectivity index (χ4n) is 1.52. The van der Waals surface area contributed by atoms with Crippen LogP contribution in [0.3, 0.4) is 0 Å². The van der Waals surface area contributed by atoms with Gasteiger partial charge in [-0.3, -0.25) is 0 Å². The first-order valence-corrected chi connectivity index (χ1v) is 8.75. The molecule has 0 bridgehead atoms. The number of benzene rings is 1. The summed E-state index contributed by atoms with van der Waals surface area (Å²) in [7, 11) is -2.62. The van der Waals surface area contributed by atoms with Crippen LogP contribution in [0.25, 0.3) is 0 Å². The normalized spacial score (nSPS) is 13.4. The number of sulfonamides is 1. The fraction of sp³-hybridized carbons (Fsp3) is 0.500. The summed E-state index contributed by atoms with van der Waals surface area (Å²) in [5.41, 5.74) is 0. The molecule has 1 aromatic rings. The second-order valence-electron chi connectivity index (χ2n) is 4.07. The Balaban J connectivity index is 2.76. The van der Waals surface area contributed by atoms with Crippen molar-refractivity contribution in [3.63, 3.8) is 0 Å². The van der Waals surface area contributed by atoms with Gasteiger partial charge in [0, 0.05) is 13.7 Å². The molecule has 0 aliphatic rings. The summed E-state index contributed by atoms with van der Waals surface area (Å²) in [5, 5.41) is 0. The summed E-state index contributed by atoms with van der Waals surface area (Å²) < 4.78 is 57.7. The molecule has 20 heavy (non-hydrogen) atoms. The second kappa shape index (κ2) is 7.92. The number of ether oxygens (including phenoxy) is 1. The van der Waals surface area contributed by atoms with Gasteiger partial charge in [0.15, 0.2) is 0 Å². The third-order valence-corrected chi connectivity index (χ3v) is 4.74. The van der Waals surface area contributed by atoms with Gasteiger partial charge in [-0.25, -0.2) is 21.9 Å². The average molecular weight is 325 g/mol. The van der Waals surface area contributed by atoms with Crippen molar-refractivity contribution in [1.82, 2.24) is 4.72 Å². The number of halogens is 2. The second-order valence-corrected chi connectivity index (χ2v) is 6.79. The molecule has 1 atom stereocenters. The highest BCUT2D eigenvalue weighted by molar-refractivity contribution is 7.98. The zero-order valence-electron chi connectivity index (χ0n) is 11.2. The van der Waals surface area contributed by atoms with Crippen LogP contribution < -0.4 is 4.72 Å².